The second-order valence-electron chi connectivity index (χ2n) is 7.56. The van der Waals surface area contributed by atoms with Crippen LogP contribution in [0.25, 0.3) is 0 Å². The van der Waals surface area contributed by atoms with E-state index in [0.717, 1.165) is 44.5 Å². The van der Waals surface area contributed by atoms with Gasteiger partial charge in [0.25, 0.3) is 0 Å². The number of aliphatic carboxylic acids is 1. The summed E-state index contributed by atoms with van der Waals surface area (Å²) in [5.74, 6) is -0.804. The molecule has 140 valence electrons. The first-order chi connectivity index (χ1) is 12.4. The maximum Gasteiger partial charge on any atom is 0.306 e. The van der Waals surface area contributed by atoms with Gasteiger partial charge in [0.05, 0.1) is 18.2 Å². The predicted molar refractivity (Wildman–Crippen MR) is 102 cm³/mol. The van der Waals surface area contributed by atoms with E-state index < -0.39 is 5.97 Å². The summed E-state index contributed by atoms with van der Waals surface area (Å²) in [5.41, 5.74) is 6.06. The average Bonchev–Trinajstić information content (AvgIpc) is 2.89. The normalized spacial score (nSPS) is 20.3. The van der Waals surface area contributed by atoms with E-state index >= 15 is 0 Å². The van der Waals surface area contributed by atoms with Gasteiger partial charge in [-0.2, -0.15) is 5.10 Å². The van der Waals surface area contributed by atoms with Gasteiger partial charge in [0, 0.05) is 23.8 Å². The Bertz CT molecular complexity index is 756. The van der Waals surface area contributed by atoms with Gasteiger partial charge in [-0.05, 0) is 52.0 Å². The van der Waals surface area contributed by atoms with Gasteiger partial charge >= 0.3 is 5.97 Å². The van der Waals surface area contributed by atoms with Crippen LogP contribution in [-0.2, 0) is 17.9 Å². The summed E-state index contributed by atoms with van der Waals surface area (Å²) in [6, 6.07) is 8.99. The maximum absolute atomic E-state index is 11.1. The number of nitrogens with one attached hydrogen (secondary N) is 1. The Morgan fingerprint density at radius 1 is 1.15 bits per heavy atom. The molecule has 0 radical (unpaired) electrons. The van der Waals surface area contributed by atoms with Crippen LogP contribution in [0.4, 0.5) is 0 Å². The molecule has 1 aromatic heterocycles. The molecule has 0 bridgehead atoms. The highest BCUT2D eigenvalue weighted by atomic mass is 16.4. The van der Waals surface area contributed by atoms with E-state index in [2.05, 4.69) is 55.0 Å². The smallest absolute Gasteiger partial charge is 0.306 e. The van der Waals surface area contributed by atoms with Gasteiger partial charge in [0.15, 0.2) is 0 Å². The fraction of sp³-hybridized carbons (Fsp3) is 0.524. The summed E-state index contributed by atoms with van der Waals surface area (Å²) in [6.07, 6.45) is 3.43. The second-order valence-corrected chi connectivity index (χ2v) is 7.56. The van der Waals surface area contributed by atoms with Crippen LogP contribution in [0.15, 0.2) is 24.3 Å². The molecule has 0 spiro atoms. The van der Waals surface area contributed by atoms with Crippen LogP contribution in [0.2, 0.25) is 0 Å². The van der Waals surface area contributed by atoms with E-state index in [1.807, 2.05) is 0 Å². The van der Waals surface area contributed by atoms with Gasteiger partial charge in [0.2, 0.25) is 0 Å². The first-order valence-corrected chi connectivity index (χ1v) is 9.48. The Morgan fingerprint density at radius 2 is 1.81 bits per heavy atom. The molecule has 1 aromatic carbocycles. The maximum atomic E-state index is 11.1. The van der Waals surface area contributed by atoms with Crippen molar-refractivity contribution in [3.05, 3.63) is 52.3 Å². The fourth-order valence-electron chi connectivity index (χ4n) is 3.80. The van der Waals surface area contributed by atoms with Crippen molar-refractivity contribution in [3.8, 4) is 0 Å². The van der Waals surface area contributed by atoms with E-state index in [0.29, 0.717) is 6.04 Å². The zero-order chi connectivity index (χ0) is 18.7. The van der Waals surface area contributed by atoms with E-state index in [-0.39, 0.29) is 5.92 Å². The van der Waals surface area contributed by atoms with Crippen molar-refractivity contribution in [2.24, 2.45) is 5.92 Å². The van der Waals surface area contributed by atoms with Crippen molar-refractivity contribution in [3.63, 3.8) is 0 Å². The lowest BCUT2D eigenvalue weighted by Gasteiger charge is -2.27. The minimum absolute atomic E-state index is 0.159. The molecule has 2 aromatic rings. The molecule has 0 atom stereocenters. The molecule has 1 fully saturated rings. The zero-order valence-corrected chi connectivity index (χ0v) is 16.0. The van der Waals surface area contributed by atoms with Gasteiger partial charge in [-0.15, -0.1) is 0 Å². The molecule has 0 unspecified atom stereocenters. The predicted octanol–water partition coefficient (Wildman–Crippen LogP) is 3.59. The molecule has 1 aliphatic carbocycles. The molecule has 0 amide bonds. The topological polar surface area (TPSA) is 67.2 Å². The lowest BCUT2D eigenvalue weighted by Crippen LogP contribution is -2.34. The van der Waals surface area contributed by atoms with Crippen LogP contribution in [-0.4, -0.2) is 26.9 Å². The average molecular weight is 355 g/mol. The molecule has 0 saturated heterocycles. The molecule has 1 saturated carbocycles. The van der Waals surface area contributed by atoms with Crippen molar-refractivity contribution >= 4 is 5.97 Å². The summed E-state index contributed by atoms with van der Waals surface area (Å²) in [5, 5.41) is 17.5. The Balaban J connectivity index is 1.60. The third-order valence-corrected chi connectivity index (χ3v) is 5.63. The SMILES string of the molecule is Cc1ccc(Cn2nc(C)c(CNC3CCC(C(=O)O)CC3)c2C)cc1. The Morgan fingerprint density at radius 3 is 2.42 bits per heavy atom. The van der Waals surface area contributed by atoms with Crippen LogP contribution < -0.4 is 5.32 Å². The monoisotopic (exact) mass is 355 g/mol. The van der Waals surface area contributed by atoms with Crippen molar-refractivity contribution in [2.45, 2.75) is 65.6 Å². The molecule has 2 N–H and O–H groups in total. The molecule has 1 heterocycles. The highest BCUT2D eigenvalue weighted by Crippen LogP contribution is 2.25. The highest BCUT2D eigenvalue weighted by molar-refractivity contribution is 5.70. The summed E-state index contributed by atoms with van der Waals surface area (Å²) in [4.78, 5) is 11.1. The lowest BCUT2D eigenvalue weighted by molar-refractivity contribution is -0.142. The molecule has 1 aliphatic rings. The van der Waals surface area contributed by atoms with Crippen molar-refractivity contribution in [2.75, 3.05) is 0 Å². The van der Waals surface area contributed by atoms with E-state index in [4.69, 9.17) is 10.2 Å². The number of carbonyl (C=O) groups is 1. The number of aryl methyl sites for hydroxylation is 2. The van der Waals surface area contributed by atoms with Crippen LogP contribution in [0.1, 0.15) is 53.8 Å². The lowest BCUT2D eigenvalue weighted by atomic mass is 9.86. The van der Waals surface area contributed by atoms with Gasteiger partial charge in [0.1, 0.15) is 0 Å². The van der Waals surface area contributed by atoms with Gasteiger partial charge < -0.3 is 10.4 Å². The van der Waals surface area contributed by atoms with Crippen molar-refractivity contribution in [1.82, 2.24) is 15.1 Å². The first kappa shape index (κ1) is 18.6. The minimum Gasteiger partial charge on any atom is -0.481 e. The molecule has 0 aliphatic heterocycles. The van der Waals surface area contributed by atoms with Crippen LogP contribution in [0.3, 0.4) is 0 Å². The van der Waals surface area contributed by atoms with Crippen LogP contribution in [0, 0.1) is 26.7 Å². The van der Waals surface area contributed by atoms with Gasteiger partial charge in [-0.25, -0.2) is 0 Å². The number of hydrogen-bond acceptors (Lipinski definition) is 3. The Kier molecular flexibility index (Phi) is 5.77. The van der Waals surface area contributed by atoms with Crippen molar-refractivity contribution in [1.29, 1.82) is 0 Å². The van der Waals surface area contributed by atoms with E-state index in [9.17, 15) is 4.79 Å². The summed E-state index contributed by atoms with van der Waals surface area (Å²) >= 11 is 0. The number of carboxylic acid groups (broad SMARTS) is 1. The third kappa shape index (κ3) is 4.33. The molecule has 3 rings (SSSR count). The quantitative estimate of drug-likeness (QED) is 0.831. The number of carboxylic acids is 1. The van der Waals surface area contributed by atoms with Gasteiger partial charge in [-0.1, -0.05) is 29.8 Å². The highest BCUT2D eigenvalue weighted by Gasteiger charge is 2.26. The summed E-state index contributed by atoms with van der Waals surface area (Å²) in [7, 11) is 0. The largest absolute Gasteiger partial charge is 0.481 e. The zero-order valence-electron chi connectivity index (χ0n) is 16.0. The van der Waals surface area contributed by atoms with Crippen LogP contribution in [0.5, 0.6) is 0 Å². The number of nitrogens with zero attached hydrogens (tertiary/aromatic N) is 2. The molecular formula is C21H29N3O2. The first-order valence-electron chi connectivity index (χ1n) is 9.48. The summed E-state index contributed by atoms with van der Waals surface area (Å²) in [6.45, 7) is 7.88. The summed E-state index contributed by atoms with van der Waals surface area (Å²) < 4.78 is 2.08. The number of aromatic nitrogens is 2. The number of rotatable bonds is 6. The Hall–Kier alpha value is -2.14. The van der Waals surface area contributed by atoms with E-state index in [1.54, 1.807) is 0 Å². The number of hydrogen-bond donors (Lipinski definition) is 2. The Labute approximate surface area is 155 Å². The molecular weight excluding hydrogens is 326 g/mol. The second kappa shape index (κ2) is 8.04. The standard InChI is InChI=1S/C21H29N3O2/c1-14-4-6-17(7-5-14)13-24-16(3)20(15(2)23-24)12-22-19-10-8-18(9-11-19)21(25)26/h4-7,18-19,22H,8-13H2,1-3H3,(H,25,26). The van der Waals surface area contributed by atoms with Crippen LogP contribution >= 0.6 is 0 Å². The fourth-order valence-corrected chi connectivity index (χ4v) is 3.80. The minimum atomic E-state index is -0.646. The molecule has 26 heavy (non-hydrogen) atoms. The molecule has 5 heteroatoms. The van der Waals surface area contributed by atoms with Gasteiger partial charge in [-0.3, -0.25) is 9.48 Å². The molecule has 5 nitrogen and oxygen atoms in total. The third-order valence-electron chi connectivity index (χ3n) is 5.63. The van der Waals surface area contributed by atoms with Crippen molar-refractivity contribution < 1.29 is 9.90 Å². The van der Waals surface area contributed by atoms with E-state index in [1.165, 1.54) is 22.4 Å². The number of benzene rings is 1.